The highest BCUT2D eigenvalue weighted by atomic mass is 16.1. The van der Waals surface area contributed by atoms with Crippen LogP contribution in [0.1, 0.15) is 154 Å². The van der Waals surface area contributed by atoms with Gasteiger partial charge in [0.1, 0.15) is 11.6 Å². The molecule has 2 aliphatic rings. The lowest BCUT2D eigenvalue weighted by molar-refractivity contribution is -0.129. The fraction of sp³-hybridized carbons (Fsp3) is 0.743. The minimum absolute atomic E-state index is 0.0460. The molecule has 0 N–H and O–H groups in total. The van der Waals surface area contributed by atoms with Gasteiger partial charge in [-0.05, 0) is 62.0 Å². The van der Waals surface area contributed by atoms with Crippen molar-refractivity contribution in [2.45, 2.75) is 146 Å². The number of ketones is 3. The van der Waals surface area contributed by atoms with Crippen LogP contribution in [0.5, 0.6) is 0 Å². The molecule has 0 bridgehead atoms. The van der Waals surface area contributed by atoms with Gasteiger partial charge < -0.3 is 0 Å². The second kappa shape index (κ2) is 21.1. The Morgan fingerprint density at radius 1 is 0.947 bits per heavy atom. The Hall–Kier alpha value is -1.77. The van der Waals surface area contributed by atoms with E-state index in [9.17, 15) is 14.4 Å². The van der Waals surface area contributed by atoms with Crippen LogP contribution in [0.4, 0.5) is 0 Å². The van der Waals surface area contributed by atoms with Crippen molar-refractivity contribution in [3.63, 3.8) is 0 Å². The summed E-state index contributed by atoms with van der Waals surface area (Å²) in [4.78, 5) is 36.6. The maximum Gasteiger partial charge on any atom is 0.163 e. The van der Waals surface area contributed by atoms with Crippen molar-refractivity contribution < 1.29 is 14.4 Å². The third kappa shape index (κ3) is 12.9. The molecule has 1 aromatic carbocycles. The Balaban J connectivity index is 0.000000947. The molecule has 3 nitrogen and oxygen atoms in total. The number of aryl methyl sites for hydroxylation is 1. The molecule has 0 heterocycles. The summed E-state index contributed by atoms with van der Waals surface area (Å²) in [5.41, 5.74) is 3.14. The van der Waals surface area contributed by atoms with Gasteiger partial charge in [-0.15, -0.1) is 0 Å². The highest BCUT2D eigenvalue weighted by Crippen LogP contribution is 2.36. The number of Topliss-reactive ketones (excluding diaryl/α,β-unsaturated/α-hetero) is 3. The van der Waals surface area contributed by atoms with Crippen LogP contribution in [0, 0.1) is 30.6 Å². The van der Waals surface area contributed by atoms with Crippen molar-refractivity contribution in [2.75, 3.05) is 0 Å². The van der Waals surface area contributed by atoms with Gasteiger partial charge in [0.25, 0.3) is 0 Å². The van der Waals surface area contributed by atoms with Gasteiger partial charge in [0.05, 0.1) is 6.42 Å². The predicted octanol–water partition coefficient (Wildman–Crippen LogP) is 10.2. The summed E-state index contributed by atoms with van der Waals surface area (Å²) >= 11 is 0. The maximum atomic E-state index is 12.7. The van der Waals surface area contributed by atoms with Crippen LogP contribution < -0.4 is 0 Å². The smallest absolute Gasteiger partial charge is 0.163 e. The molecule has 3 atom stereocenters. The predicted molar refractivity (Wildman–Crippen MR) is 164 cm³/mol. The molecule has 0 amide bonds. The van der Waals surface area contributed by atoms with Crippen molar-refractivity contribution in [2.24, 2.45) is 23.7 Å². The molecule has 3 heteroatoms. The molecule has 0 spiro atoms. The average molecular weight is 529 g/mol. The Morgan fingerprint density at radius 2 is 1.55 bits per heavy atom. The Kier molecular flexibility index (Phi) is 20.1. The summed E-state index contributed by atoms with van der Waals surface area (Å²) in [6.07, 6.45) is 13.9. The summed E-state index contributed by atoms with van der Waals surface area (Å²) in [5, 5.41) is 0. The molecule has 3 rings (SSSR count). The zero-order valence-corrected chi connectivity index (χ0v) is 26.5. The highest BCUT2D eigenvalue weighted by molar-refractivity contribution is 6.00. The van der Waals surface area contributed by atoms with Crippen molar-refractivity contribution >= 4 is 17.3 Å². The van der Waals surface area contributed by atoms with Crippen molar-refractivity contribution in [1.82, 2.24) is 0 Å². The molecule has 1 saturated carbocycles. The molecule has 218 valence electrons. The van der Waals surface area contributed by atoms with Gasteiger partial charge in [-0.3, -0.25) is 14.4 Å². The maximum absolute atomic E-state index is 12.7. The second-order valence-corrected chi connectivity index (χ2v) is 11.2. The molecule has 2 aliphatic carbocycles. The zero-order valence-electron chi connectivity index (χ0n) is 26.5. The SMILES string of the molecule is CC.CCC.CCC1CCCC1.CCCC(CC1CC(=O)c2c(C)cccc2C1)C(CC)C(=O)CC(C)=O. The summed E-state index contributed by atoms with van der Waals surface area (Å²) in [6, 6.07) is 6.10. The minimum atomic E-state index is -0.0622. The van der Waals surface area contributed by atoms with Crippen molar-refractivity contribution in [3.05, 3.63) is 34.9 Å². The van der Waals surface area contributed by atoms with Gasteiger partial charge in [0.2, 0.25) is 0 Å². The first-order chi connectivity index (χ1) is 18.2. The average Bonchev–Trinajstić information content (AvgIpc) is 3.40. The zero-order chi connectivity index (χ0) is 29.1. The highest BCUT2D eigenvalue weighted by Gasteiger charge is 2.32. The molecule has 1 aromatic rings. The van der Waals surface area contributed by atoms with Crippen LogP contribution in [0.2, 0.25) is 0 Å². The summed E-state index contributed by atoms with van der Waals surface area (Å²) in [5.74, 6) is 1.87. The number of hydrogen-bond donors (Lipinski definition) is 0. The molecule has 0 radical (unpaired) electrons. The summed E-state index contributed by atoms with van der Waals surface area (Å²) < 4.78 is 0. The van der Waals surface area contributed by atoms with Crippen molar-refractivity contribution in [1.29, 1.82) is 0 Å². The van der Waals surface area contributed by atoms with Crippen molar-refractivity contribution in [3.8, 4) is 0 Å². The first-order valence-electron chi connectivity index (χ1n) is 15.9. The molecular weight excluding hydrogens is 468 g/mol. The van der Waals surface area contributed by atoms with E-state index in [0.29, 0.717) is 12.3 Å². The monoisotopic (exact) mass is 528 g/mol. The molecular formula is C35H60O3. The molecule has 0 aliphatic heterocycles. The van der Waals surface area contributed by atoms with Crippen LogP contribution in [0.25, 0.3) is 0 Å². The lowest BCUT2D eigenvalue weighted by Gasteiger charge is -2.31. The first kappa shape index (κ1) is 36.2. The van der Waals surface area contributed by atoms with Gasteiger partial charge in [-0.2, -0.15) is 0 Å². The van der Waals surface area contributed by atoms with Crippen LogP contribution in [-0.4, -0.2) is 17.3 Å². The molecule has 3 unspecified atom stereocenters. The fourth-order valence-corrected chi connectivity index (χ4v) is 6.11. The lowest BCUT2D eigenvalue weighted by atomic mass is 9.72. The fourth-order valence-electron chi connectivity index (χ4n) is 6.11. The van der Waals surface area contributed by atoms with Gasteiger partial charge in [-0.25, -0.2) is 0 Å². The number of benzene rings is 1. The van der Waals surface area contributed by atoms with E-state index in [1.165, 1.54) is 45.4 Å². The summed E-state index contributed by atoms with van der Waals surface area (Å²) in [6.45, 7) is 18.2. The Morgan fingerprint density at radius 3 is 2.03 bits per heavy atom. The van der Waals surface area contributed by atoms with E-state index in [2.05, 4.69) is 33.8 Å². The van der Waals surface area contributed by atoms with Crippen LogP contribution in [0.15, 0.2) is 18.2 Å². The third-order valence-corrected chi connectivity index (χ3v) is 7.81. The third-order valence-electron chi connectivity index (χ3n) is 7.81. The van der Waals surface area contributed by atoms with E-state index in [1.54, 1.807) is 0 Å². The Labute approximate surface area is 236 Å². The standard InChI is InChI=1S/C23H32O3.C7H14.C3H8.C2H6/c1-5-8-18(20(6-2)21(25)11-16(4)24)12-17-13-19-10-7-9-15(3)23(19)22(26)14-17;1-2-7-5-3-4-6-7;1-3-2;1-2/h7,9-10,17-18,20H,5-6,8,11-14H2,1-4H3;7H,2-6H2,1H3;3H2,1-2H3;1-2H3. The van der Waals surface area contributed by atoms with Crippen LogP contribution >= 0.6 is 0 Å². The molecule has 0 saturated heterocycles. The van der Waals surface area contributed by atoms with E-state index in [-0.39, 0.29) is 35.6 Å². The van der Waals surface area contributed by atoms with Crippen LogP contribution in [0.3, 0.4) is 0 Å². The number of carbonyl (C=O) groups excluding carboxylic acids is 3. The van der Waals surface area contributed by atoms with Gasteiger partial charge in [-0.1, -0.05) is 118 Å². The van der Waals surface area contributed by atoms with E-state index in [4.69, 9.17) is 0 Å². The van der Waals surface area contributed by atoms with Gasteiger partial charge >= 0.3 is 0 Å². The van der Waals surface area contributed by atoms with E-state index in [1.807, 2.05) is 39.8 Å². The van der Waals surface area contributed by atoms with E-state index in [0.717, 1.165) is 54.7 Å². The van der Waals surface area contributed by atoms with E-state index < -0.39 is 0 Å². The first-order valence-corrected chi connectivity index (χ1v) is 15.9. The number of hydrogen-bond acceptors (Lipinski definition) is 3. The topological polar surface area (TPSA) is 51.2 Å². The molecule has 38 heavy (non-hydrogen) atoms. The minimum Gasteiger partial charge on any atom is -0.300 e. The van der Waals surface area contributed by atoms with Gasteiger partial charge in [0, 0.05) is 17.9 Å². The molecule has 0 aromatic heterocycles. The normalized spacial score (nSPS) is 17.9. The quantitative estimate of drug-likeness (QED) is 0.284. The van der Waals surface area contributed by atoms with E-state index >= 15 is 0 Å². The second-order valence-electron chi connectivity index (χ2n) is 11.2. The number of rotatable bonds is 10. The number of carbonyl (C=O) groups is 3. The molecule has 1 fully saturated rings. The number of fused-ring (bicyclic) bond motifs is 1. The van der Waals surface area contributed by atoms with Gasteiger partial charge in [0.15, 0.2) is 5.78 Å². The largest absolute Gasteiger partial charge is 0.300 e. The lowest BCUT2D eigenvalue weighted by Crippen LogP contribution is -2.29. The van der Waals surface area contributed by atoms with Crippen LogP contribution in [-0.2, 0) is 16.0 Å². The summed E-state index contributed by atoms with van der Waals surface area (Å²) in [7, 11) is 0. The Bertz CT molecular complexity index is 803.